The van der Waals surface area contributed by atoms with Crippen molar-refractivity contribution < 1.29 is 0 Å². The molecule has 0 radical (unpaired) electrons. The second-order valence-corrected chi connectivity index (χ2v) is 7.09. The predicted octanol–water partition coefficient (Wildman–Crippen LogP) is 3.03. The van der Waals surface area contributed by atoms with Crippen LogP contribution in [0.2, 0.25) is 0 Å². The van der Waals surface area contributed by atoms with Gasteiger partial charge in [-0.3, -0.25) is 4.90 Å². The third kappa shape index (κ3) is 3.48. The Morgan fingerprint density at radius 3 is 2.78 bits per heavy atom. The molecule has 3 rings (SSSR count). The first kappa shape index (κ1) is 12.9. The summed E-state index contributed by atoms with van der Waals surface area (Å²) in [6, 6.07) is 1.77. The van der Waals surface area contributed by atoms with Crippen molar-refractivity contribution in [3.05, 3.63) is 0 Å². The van der Waals surface area contributed by atoms with E-state index < -0.39 is 0 Å². The molecule has 2 nitrogen and oxygen atoms in total. The van der Waals surface area contributed by atoms with Crippen LogP contribution < -0.4 is 5.32 Å². The summed E-state index contributed by atoms with van der Waals surface area (Å²) in [5.74, 6) is 2.00. The average Bonchev–Trinajstić information content (AvgIpc) is 3.10. The molecule has 3 atom stereocenters. The Labute approximate surface area is 113 Å². The lowest BCUT2D eigenvalue weighted by Gasteiger charge is -2.27. The minimum absolute atomic E-state index is 0.798. The summed E-state index contributed by atoms with van der Waals surface area (Å²) in [6.45, 7) is 6.37. The van der Waals surface area contributed by atoms with Gasteiger partial charge in [0, 0.05) is 25.2 Å². The van der Waals surface area contributed by atoms with Gasteiger partial charge in [0.05, 0.1) is 0 Å². The molecule has 0 spiro atoms. The number of likely N-dealkylation sites (tertiary alicyclic amines) is 1. The maximum atomic E-state index is 3.81. The summed E-state index contributed by atoms with van der Waals surface area (Å²) in [5, 5.41) is 3.81. The van der Waals surface area contributed by atoms with Gasteiger partial charge in [-0.2, -0.15) is 0 Å². The van der Waals surface area contributed by atoms with E-state index >= 15 is 0 Å². The maximum absolute atomic E-state index is 3.81. The number of hydrogen-bond donors (Lipinski definition) is 1. The minimum Gasteiger partial charge on any atom is -0.313 e. The van der Waals surface area contributed by atoms with Gasteiger partial charge in [-0.05, 0) is 50.5 Å². The molecule has 0 amide bonds. The van der Waals surface area contributed by atoms with Crippen LogP contribution in [-0.2, 0) is 0 Å². The van der Waals surface area contributed by atoms with Crippen molar-refractivity contribution in [2.24, 2.45) is 11.8 Å². The van der Waals surface area contributed by atoms with E-state index in [0.29, 0.717) is 0 Å². The summed E-state index contributed by atoms with van der Waals surface area (Å²) < 4.78 is 0. The van der Waals surface area contributed by atoms with Crippen molar-refractivity contribution >= 4 is 0 Å². The molecule has 3 aliphatic rings. The average molecular weight is 250 g/mol. The summed E-state index contributed by atoms with van der Waals surface area (Å²) in [6.07, 6.45) is 11.7. The monoisotopic (exact) mass is 250 g/mol. The van der Waals surface area contributed by atoms with E-state index in [1.165, 1.54) is 71.0 Å². The SMILES string of the molecule is CC1CCCC(CCNC2CCN(C3CC3)C2)C1. The van der Waals surface area contributed by atoms with Crippen LogP contribution in [-0.4, -0.2) is 36.6 Å². The summed E-state index contributed by atoms with van der Waals surface area (Å²) in [5.41, 5.74) is 0. The Bertz CT molecular complexity index is 262. The normalized spacial score (nSPS) is 38.2. The fourth-order valence-electron chi connectivity index (χ4n) is 4.04. The van der Waals surface area contributed by atoms with E-state index in [1.54, 1.807) is 0 Å². The molecule has 0 aromatic rings. The number of nitrogens with one attached hydrogen (secondary N) is 1. The second-order valence-electron chi connectivity index (χ2n) is 7.09. The molecule has 0 aromatic carbocycles. The van der Waals surface area contributed by atoms with E-state index in [-0.39, 0.29) is 0 Å². The highest BCUT2D eigenvalue weighted by atomic mass is 15.2. The lowest BCUT2D eigenvalue weighted by atomic mass is 9.81. The highest BCUT2D eigenvalue weighted by molar-refractivity contribution is 4.91. The van der Waals surface area contributed by atoms with Crippen LogP contribution in [0.1, 0.15) is 58.3 Å². The zero-order valence-corrected chi connectivity index (χ0v) is 12.0. The summed E-state index contributed by atoms with van der Waals surface area (Å²) in [4.78, 5) is 2.71. The van der Waals surface area contributed by atoms with Gasteiger partial charge in [0.2, 0.25) is 0 Å². The largest absolute Gasteiger partial charge is 0.313 e. The third-order valence-corrected chi connectivity index (χ3v) is 5.31. The zero-order chi connectivity index (χ0) is 12.4. The van der Waals surface area contributed by atoms with Gasteiger partial charge >= 0.3 is 0 Å². The molecule has 104 valence electrons. The van der Waals surface area contributed by atoms with Crippen LogP contribution in [0.25, 0.3) is 0 Å². The van der Waals surface area contributed by atoms with Gasteiger partial charge < -0.3 is 5.32 Å². The van der Waals surface area contributed by atoms with Crippen molar-refractivity contribution in [1.82, 2.24) is 10.2 Å². The van der Waals surface area contributed by atoms with Gasteiger partial charge in [-0.25, -0.2) is 0 Å². The molecule has 0 bridgehead atoms. The lowest BCUT2D eigenvalue weighted by molar-refractivity contribution is 0.263. The molecule has 1 N–H and O–H groups in total. The lowest BCUT2D eigenvalue weighted by Crippen LogP contribution is -2.34. The minimum atomic E-state index is 0.798. The van der Waals surface area contributed by atoms with Gasteiger partial charge in [-0.1, -0.05) is 26.2 Å². The molecule has 1 heterocycles. The van der Waals surface area contributed by atoms with Crippen LogP contribution in [0.5, 0.6) is 0 Å². The predicted molar refractivity (Wildman–Crippen MR) is 76.7 cm³/mol. The number of nitrogens with zero attached hydrogens (tertiary/aromatic N) is 1. The topological polar surface area (TPSA) is 15.3 Å². The highest BCUT2D eigenvalue weighted by Gasteiger charge is 2.34. The van der Waals surface area contributed by atoms with Crippen LogP contribution in [0, 0.1) is 11.8 Å². The van der Waals surface area contributed by atoms with Crippen LogP contribution in [0.4, 0.5) is 0 Å². The molecule has 2 aliphatic carbocycles. The molecule has 1 aliphatic heterocycles. The van der Waals surface area contributed by atoms with Crippen LogP contribution in [0.3, 0.4) is 0 Å². The van der Waals surface area contributed by atoms with E-state index in [2.05, 4.69) is 17.1 Å². The van der Waals surface area contributed by atoms with Gasteiger partial charge in [0.1, 0.15) is 0 Å². The smallest absolute Gasteiger partial charge is 0.0207 e. The Morgan fingerprint density at radius 1 is 1.11 bits per heavy atom. The van der Waals surface area contributed by atoms with E-state index in [0.717, 1.165) is 23.9 Å². The number of hydrogen-bond acceptors (Lipinski definition) is 2. The molecule has 3 unspecified atom stereocenters. The molecule has 0 aromatic heterocycles. The first-order valence-electron chi connectivity index (χ1n) is 8.28. The second kappa shape index (κ2) is 5.92. The fourth-order valence-corrected chi connectivity index (χ4v) is 4.04. The quantitative estimate of drug-likeness (QED) is 0.807. The first-order valence-corrected chi connectivity index (χ1v) is 8.28. The zero-order valence-electron chi connectivity index (χ0n) is 12.0. The van der Waals surface area contributed by atoms with Crippen molar-refractivity contribution in [3.8, 4) is 0 Å². The van der Waals surface area contributed by atoms with Crippen molar-refractivity contribution in [1.29, 1.82) is 0 Å². The fraction of sp³-hybridized carbons (Fsp3) is 1.00. The van der Waals surface area contributed by atoms with E-state index in [1.807, 2.05) is 0 Å². The Balaban J connectivity index is 1.30. The number of rotatable bonds is 5. The van der Waals surface area contributed by atoms with Crippen LogP contribution >= 0.6 is 0 Å². The van der Waals surface area contributed by atoms with Gasteiger partial charge in [-0.15, -0.1) is 0 Å². The highest BCUT2D eigenvalue weighted by Crippen LogP contribution is 2.31. The molecule has 2 heteroatoms. The van der Waals surface area contributed by atoms with Crippen molar-refractivity contribution in [2.75, 3.05) is 19.6 Å². The maximum Gasteiger partial charge on any atom is 0.0207 e. The molecule has 3 fully saturated rings. The van der Waals surface area contributed by atoms with Crippen molar-refractivity contribution in [3.63, 3.8) is 0 Å². The Hall–Kier alpha value is -0.0800. The first-order chi connectivity index (χ1) is 8.81. The molecule has 2 saturated carbocycles. The van der Waals surface area contributed by atoms with Gasteiger partial charge in [0.25, 0.3) is 0 Å². The van der Waals surface area contributed by atoms with E-state index in [4.69, 9.17) is 0 Å². The summed E-state index contributed by atoms with van der Waals surface area (Å²) in [7, 11) is 0. The van der Waals surface area contributed by atoms with E-state index in [9.17, 15) is 0 Å². The standard InChI is InChI=1S/C16H30N2/c1-13-3-2-4-14(11-13)7-9-17-15-8-10-18(12-15)16-5-6-16/h13-17H,2-12H2,1H3. The van der Waals surface area contributed by atoms with Gasteiger partial charge in [0.15, 0.2) is 0 Å². The molecule has 1 saturated heterocycles. The van der Waals surface area contributed by atoms with Crippen molar-refractivity contribution in [2.45, 2.75) is 70.4 Å². The molecule has 18 heavy (non-hydrogen) atoms. The molecular weight excluding hydrogens is 220 g/mol. The Morgan fingerprint density at radius 2 is 2.00 bits per heavy atom. The Kier molecular flexibility index (Phi) is 4.25. The summed E-state index contributed by atoms with van der Waals surface area (Å²) >= 11 is 0. The molecular formula is C16H30N2. The third-order valence-electron chi connectivity index (χ3n) is 5.31. The van der Waals surface area contributed by atoms with Crippen LogP contribution in [0.15, 0.2) is 0 Å².